The molecule has 0 saturated heterocycles. The Hall–Kier alpha value is -2.62. The first kappa shape index (κ1) is 26.6. The Balaban J connectivity index is 0.00000385. The molecule has 7 heteroatoms. The summed E-state index contributed by atoms with van der Waals surface area (Å²) in [5.74, 6) is 2.88. The van der Waals surface area contributed by atoms with Crippen molar-refractivity contribution in [3.63, 3.8) is 0 Å². The quantitative estimate of drug-likeness (QED) is 0.508. The zero-order valence-corrected chi connectivity index (χ0v) is 21.0. The van der Waals surface area contributed by atoms with Crippen LogP contribution in [0.3, 0.4) is 0 Å². The first-order valence-corrected chi connectivity index (χ1v) is 11.0. The normalized spacial score (nSPS) is 19.8. The van der Waals surface area contributed by atoms with Gasteiger partial charge in [0, 0.05) is 12.6 Å². The molecule has 0 bridgehead atoms. The first-order valence-electron chi connectivity index (χ1n) is 11.0. The van der Waals surface area contributed by atoms with Crippen LogP contribution in [0.15, 0.2) is 36.4 Å². The van der Waals surface area contributed by atoms with Crippen molar-refractivity contribution in [2.45, 2.75) is 43.6 Å². The van der Waals surface area contributed by atoms with E-state index in [2.05, 4.69) is 24.1 Å². The van der Waals surface area contributed by atoms with Crippen LogP contribution in [0, 0.1) is 11.3 Å². The second kappa shape index (κ2) is 12.0. The van der Waals surface area contributed by atoms with Crippen LogP contribution in [-0.4, -0.2) is 53.0 Å². The first-order chi connectivity index (χ1) is 15.5. The van der Waals surface area contributed by atoms with Crippen LogP contribution in [0.5, 0.6) is 23.0 Å². The molecule has 0 aliphatic heterocycles. The number of rotatable bonds is 9. The summed E-state index contributed by atoms with van der Waals surface area (Å²) in [7, 11) is 8.75. The third-order valence-corrected chi connectivity index (χ3v) is 6.78. The predicted molar refractivity (Wildman–Crippen MR) is 132 cm³/mol. The maximum atomic E-state index is 10.1. The summed E-state index contributed by atoms with van der Waals surface area (Å²) in [6.07, 6.45) is 4.59. The van der Waals surface area contributed by atoms with E-state index in [1.165, 1.54) is 5.56 Å². The van der Waals surface area contributed by atoms with Crippen molar-refractivity contribution >= 4 is 12.4 Å². The van der Waals surface area contributed by atoms with E-state index in [1.807, 2.05) is 30.3 Å². The minimum Gasteiger partial charge on any atom is -0.493 e. The van der Waals surface area contributed by atoms with Gasteiger partial charge in [0.05, 0.1) is 39.9 Å². The summed E-state index contributed by atoms with van der Waals surface area (Å²) in [4.78, 5) is 2.42. The highest BCUT2D eigenvalue weighted by atomic mass is 35.5. The second-order valence-electron chi connectivity index (χ2n) is 8.41. The number of halogens is 1. The summed E-state index contributed by atoms with van der Waals surface area (Å²) < 4.78 is 21.6. The topological polar surface area (TPSA) is 64.0 Å². The van der Waals surface area contributed by atoms with Gasteiger partial charge >= 0.3 is 0 Å². The molecule has 0 radical (unpaired) electrons. The van der Waals surface area contributed by atoms with E-state index in [0.717, 1.165) is 55.7 Å². The zero-order valence-electron chi connectivity index (χ0n) is 20.2. The molecule has 1 aliphatic carbocycles. The minimum atomic E-state index is -0.472. The number of hydrogen-bond donors (Lipinski definition) is 0. The summed E-state index contributed by atoms with van der Waals surface area (Å²) >= 11 is 0. The molecule has 2 aromatic rings. The van der Waals surface area contributed by atoms with E-state index in [0.29, 0.717) is 17.5 Å². The number of ether oxygens (including phenoxy) is 4. The van der Waals surface area contributed by atoms with Crippen LogP contribution >= 0.6 is 12.4 Å². The van der Waals surface area contributed by atoms with Crippen molar-refractivity contribution in [3.8, 4) is 29.1 Å². The highest BCUT2D eigenvalue weighted by Gasteiger charge is 2.38. The highest BCUT2D eigenvalue weighted by molar-refractivity contribution is 5.85. The lowest BCUT2D eigenvalue weighted by atomic mass is 9.69. The van der Waals surface area contributed by atoms with E-state index >= 15 is 0 Å². The van der Waals surface area contributed by atoms with Crippen LogP contribution in [0.1, 0.15) is 36.8 Å². The summed E-state index contributed by atoms with van der Waals surface area (Å²) in [5, 5.41) is 10.1. The number of methoxy groups -OCH3 is 4. The van der Waals surface area contributed by atoms with Gasteiger partial charge in [-0.25, -0.2) is 0 Å². The van der Waals surface area contributed by atoms with Crippen molar-refractivity contribution in [2.75, 3.05) is 42.0 Å². The van der Waals surface area contributed by atoms with Gasteiger partial charge in [0.1, 0.15) is 0 Å². The molecule has 6 nitrogen and oxygen atoms in total. The van der Waals surface area contributed by atoms with Gasteiger partial charge in [-0.1, -0.05) is 12.1 Å². The zero-order chi connectivity index (χ0) is 23.1. The van der Waals surface area contributed by atoms with E-state index in [1.54, 1.807) is 28.4 Å². The third kappa shape index (κ3) is 5.85. The standard InChI is InChI=1S/C26H34N2O4.ClH/c1-28(15-12-19-6-8-22(29-2)24(16-19)31-4)21-10-13-26(18-27,14-11-21)20-7-9-23(30-3)25(17-20)32-5;/h6-9,16-17,21H,10-15H2,1-5H3;1H. The fourth-order valence-electron chi connectivity index (χ4n) is 4.66. The van der Waals surface area contributed by atoms with E-state index in [4.69, 9.17) is 18.9 Å². The van der Waals surface area contributed by atoms with Crippen molar-refractivity contribution in [3.05, 3.63) is 47.5 Å². The maximum Gasteiger partial charge on any atom is 0.161 e. The average Bonchev–Trinajstić information content (AvgIpc) is 2.86. The van der Waals surface area contributed by atoms with Gasteiger partial charge in [0.15, 0.2) is 23.0 Å². The highest BCUT2D eigenvalue weighted by Crippen LogP contribution is 2.42. The Labute approximate surface area is 203 Å². The fourth-order valence-corrected chi connectivity index (χ4v) is 4.66. The molecule has 1 saturated carbocycles. The lowest BCUT2D eigenvalue weighted by Gasteiger charge is -2.39. The molecule has 33 heavy (non-hydrogen) atoms. The van der Waals surface area contributed by atoms with E-state index in [9.17, 15) is 5.26 Å². The van der Waals surface area contributed by atoms with Crippen molar-refractivity contribution < 1.29 is 18.9 Å². The molecule has 2 aromatic carbocycles. The molecular formula is C26H35ClN2O4. The average molecular weight is 475 g/mol. The third-order valence-electron chi connectivity index (χ3n) is 6.78. The van der Waals surface area contributed by atoms with E-state index in [-0.39, 0.29) is 12.4 Å². The van der Waals surface area contributed by atoms with Gasteiger partial charge in [-0.15, -0.1) is 12.4 Å². The minimum absolute atomic E-state index is 0. The van der Waals surface area contributed by atoms with Crippen molar-refractivity contribution in [1.82, 2.24) is 4.90 Å². The monoisotopic (exact) mass is 474 g/mol. The van der Waals surface area contributed by atoms with Gasteiger partial charge in [-0.05, 0) is 74.5 Å². The van der Waals surface area contributed by atoms with Crippen molar-refractivity contribution in [2.24, 2.45) is 0 Å². The number of nitriles is 1. The number of benzene rings is 2. The van der Waals surface area contributed by atoms with Crippen LogP contribution in [0.4, 0.5) is 0 Å². The molecule has 0 aromatic heterocycles. The molecule has 0 N–H and O–H groups in total. The van der Waals surface area contributed by atoms with Crippen LogP contribution in [-0.2, 0) is 11.8 Å². The Morgan fingerprint density at radius 1 is 0.879 bits per heavy atom. The molecule has 3 rings (SSSR count). The lowest BCUT2D eigenvalue weighted by Crippen LogP contribution is -2.41. The molecule has 0 atom stereocenters. The van der Waals surface area contributed by atoms with Gasteiger partial charge in [0.2, 0.25) is 0 Å². The van der Waals surface area contributed by atoms with Crippen LogP contribution < -0.4 is 18.9 Å². The maximum absolute atomic E-state index is 10.1. The molecule has 0 spiro atoms. The largest absolute Gasteiger partial charge is 0.493 e. The Morgan fingerprint density at radius 2 is 1.42 bits per heavy atom. The predicted octanol–water partition coefficient (Wildman–Crippen LogP) is 5.02. The van der Waals surface area contributed by atoms with Crippen LogP contribution in [0.25, 0.3) is 0 Å². The molecule has 0 heterocycles. The molecule has 0 amide bonds. The van der Waals surface area contributed by atoms with Gasteiger partial charge in [-0.3, -0.25) is 0 Å². The fraction of sp³-hybridized carbons (Fsp3) is 0.500. The van der Waals surface area contributed by atoms with Crippen molar-refractivity contribution in [1.29, 1.82) is 5.26 Å². The lowest BCUT2D eigenvalue weighted by molar-refractivity contribution is 0.167. The molecular weight excluding hydrogens is 440 g/mol. The Morgan fingerprint density at radius 3 is 1.97 bits per heavy atom. The Bertz CT molecular complexity index is 952. The number of nitrogens with zero attached hydrogens (tertiary/aromatic N) is 2. The van der Waals surface area contributed by atoms with Gasteiger partial charge in [-0.2, -0.15) is 5.26 Å². The summed E-state index contributed by atoms with van der Waals surface area (Å²) in [6, 6.07) is 15.1. The second-order valence-corrected chi connectivity index (χ2v) is 8.41. The molecule has 1 fully saturated rings. The summed E-state index contributed by atoms with van der Waals surface area (Å²) in [6.45, 7) is 0.954. The molecule has 180 valence electrons. The van der Waals surface area contributed by atoms with E-state index < -0.39 is 5.41 Å². The summed E-state index contributed by atoms with van der Waals surface area (Å²) in [5.41, 5.74) is 1.77. The van der Waals surface area contributed by atoms with Crippen LogP contribution in [0.2, 0.25) is 0 Å². The SMILES string of the molecule is COc1ccc(CCN(C)C2CCC(C#N)(c3ccc(OC)c(OC)c3)CC2)cc1OC.Cl. The Kier molecular flexibility index (Phi) is 9.70. The van der Waals surface area contributed by atoms with Gasteiger partial charge in [0.25, 0.3) is 0 Å². The molecule has 1 aliphatic rings. The number of likely N-dealkylation sites (N-methyl/N-ethyl adjacent to an activating group) is 1. The number of hydrogen-bond acceptors (Lipinski definition) is 6. The smallest absolute Gasteiger partial charge is 0.161 e. The van der Waals surface area contributed by atoms with Gasteiger partial charge < -0.3 is 23.8 Å². The molecule has 0 unspecified atom stereocenters.